The minimum atomic E-state index is -0.997. The van der Waals surface area contributed by atoms with Crippen molar-refractivity contribution in [1.29, 1.82) is 0 Å². The van der Waals surface area contributed by atoms with Crippen LogP contribution in [0.5, 0.6) is 0 Å². The third-order valence-corrected chi connectivity index (χ3v) is 7.38. The fourth-order valence-corrected chi connectivity index (χ4v) is 5.43. The maximum atomic E-state index is 14.4. The number of aryl methyl sites for hydroxylation is 1. The van der Waals surface area contributed by atoms with Crippen molar-refractivity contribution in [3.63, 3.8) is 0 Å². The lowest BCUT2D eigenvalue weighted by Crippen LogP contribution is -2.59. The van der Waals surface area contributed by atoms with Gasteiger partial charge in [0.05, 0.1) is 53.3 Å². The first-order chi connectivity index (χ1) is 18.3. The summed E-state index contributed by atoms with van der Waals surface area (Å²) in [5, 5.41) is 14.8. The van der Waals surface area contributed by atoms with Crippen LogP contribution in [0.2, 0.25) is 5.02 Å². The monoisotopic (exact) mass is 543 g/mol. The van der Waals surface area contributed by atoms with E-state index in [2.05, 4.69) is 20.3 Å². The summed E-state index contributed by atoms with van der Waals surface area (Å²) in [5.41, 5.74) is 3.55. The lowest BCUT2D eigenvalue weighted by Gasteiger charge is -2.41. The number of hydrogen-bond donors (Lipinski definition) is 3. The minimum Gasteiger partial charge on any atom is -0.390 e. The van der Waals surface area contributed by atoms with Gasteiger partial charge in [0.1, 0.15) is 11.6 Å². The van der Waals surface area contributed by atoms with Crippen LogP contribution < -0.4 is 10.2 Å². The quantitative estimate of drug-likeness (QED) is 0.341. The van der Waals surface area contributed by atoms with E-state index in [0.717, 1.165) is 12.1 Å². The number of aliphatic hydroxyl groups is 1. The zero-order valence-electron chi connectivity index (χ0n) is 20.4. The standard InChI is InChI=1S/C27H25ClF3N5O2/c1-13-25(27-34-22-7-19(30)20(31)8-23(22)35-27)26(18(9-32-13)14-4-15(28)6-16(29)5-14)36-3-2-21(24(37)10-36)33-17-11-38-12-17/h4-9,17,21,24,33,37H,2-3,10-12H2,1H3,(H,34,35)/t21-,24+/m1/s1. The Labute approximate surface area is 221 Å². The smallest absolute Gasteiger partial charge is 0.161 e. The molecule has 11 heteroatoms. The van der Waals surface area contributed by atoms with Crippen LogP contribution in [0, 0.1) is 24.4 Å². The fourth-order valence-electron chi connectivity index (χ4n) is 5.21. The molecule has 6 rings (SSSR count). The van der Waals surface area contributed by atoms with Crippen LogP contribution in [-0.2, 0) is 4.74 Å². The highest BCUT2D eigenvalue weighted by molar-refractivity contribution is 6.30. The van der Waals surface area contributed by atoms with Gasteiger partial charge in [-0.25, -0.2) is 18.2 Å². The number of aromatic nitrogens is 3. The van der Waals surface area contributed by atoms with Crippen LogP contribution in [0.4, 0.5) is 18.9 Å². The number of nitrogens with one attached hydrogen (secondary N) is 2. The molecule has 0 bridgehead atoms. The van der Waals surface area contributed by atoms with Crippen molar-refractivity contribution in [3.05, 3.63) is 64.7 Å². The molecule has 2 fully saturated rings. The van der Waals surface area contributed by atoms with Crippen molar-refractivity contribution in [1.82, 2.24) is 20.3 Å². The van der Waals surface area contributed by atoms with Gasteiger partial charge in [-0.3, -0.25) is 4.98 Å². The third-order valence-electron chi connectivity index (χ3n) is 7.16. The van der Waals surface area contributed by atoms with E-state index in [9.17, 15) is 18.3 Å². The van der Waals surface area contributed by atoms with E-state index < -0.39 is 23.6 Å². The van der Waals surface area contributed by atoms with Crippen LogP contribution in [0.15, 0.2) is 36.5 Å². The van der Waals surface area contributed by atoms with Crippen molar-refractivity contribution in [3.8, 4) is 22.5 Å². The van der Waals surface area contributed by atoms with Gasteiger partial charge in [-0.1, -0.05) is 11.6 Å². The van der Waals surface area contributed by atoms with Crippen LogP contribution in [0.25, 0.3) is 33.5 Å². The molecule has 3 N–H and O–H groups in total. The summed E-state index contributed by atoms with van der Waals surface area (Å²) in [6.45, 7) is 3.92. The van der Waals surface area contributed by atoms with E-state index >= 15 is 0 Å². The number of piperidine rings is 1. The molecule has 0 unspecified atom stereocenters. The predicted octanol–water partition coefficient (Wildman–Crippen LogP) is 4.60. The number of halogens is 4. The number of aromatic amines is 1. The largest absolute Gasteiger partial charge is 0.390 e. The molecule has 2 aromatic heterocycles. The molecule has 0 aliphatic carbocycles. The number of pyridine rings is 1. The Morgan fingerprint density at radius 3 is 2.63 bits per heavy atom. The molecule has 2 aliphatic heterocycles. The van der Waals surface area contributed by atoms with Crippen molar-refractivity contribution >= 4 is 28.3 Å². The van der Waals surface area contributed by atoms with Gasteiger partial charge >= 0.3 is 0 Å². The molecule has 2 saturated heterocycles. The van der Waals surface area contributed by atoms with Gasteiger partial charge in [-0.2, -0.15) is 0 Å². The number of fused-ring (bicyclic) bond motifs is 1. The van der Waals surface area contributed by atoms with Gasteiger partial charge < -0.3 is 25.0 Å². The molecular formula is C27H25ClF3N5O2. The summed E-state index contributed by atoms with van der Waals surface area (Å²) in [6, 6.07) is 6.46. The third kappa shape index (κ3) is 4.62. The predicted molar refractivity (Wildman–Crippen MR) is 139 cm³/mol. The lowest BCUT2D eigenvalue weighted by molar-refractivity contribution is -0.0214. The molecule has 0 amide bonds. The number of H-pyrrole nitrogens is 1. The summed E-state index contributed by atoms with van der Waals surface area (Å²) >= 11 is 6.20. The van der Waals surface area contributed by atoms with Gasteiger partial charge in [-0.05, 0) is 37.1 Å². The first-order valence-electron chi connectivity index (χ1n) is 12.3. The van der Waals surface area contributed by atoms with E-state index in [-0.39, 0.29) is 22.6 Å². The average molecular weight is 544 g/mol. The highest BCUT2D eigenvalue weighted by atomic mass is 35.5. The molecule has 4 heterocycles. The molecule has 198 valence electrons. The number of ether oxygens (including phenoxy) is 1. The molecule has 2 aromatic carbocycles. The normalized spacial score (nSPS) is 20.2. The number of nitrogens with zero attached hydrogens (tertiary/aromatic N) is 3. The maximum absolute atomic E-state index is 14.4. The Morgan fingerprint density at radius 1 is 1.13 bits per heavy atom. The molecule has 2 atom stereocenters. The molecule has 38 heavy (non-hydrogen) atoms. The Morgan fingerprint density at radius 2 is 1.92 bits per heavy atom. The van der Waals surface area contributed by atoms with Crippen LogP contribution in [0.3, 0.4) is 0 Å². The van der Waals surface area contributed by atoms with Crippen LogP contribution in [0.1, 0.15) is 12.1 Å². The van der Waals surface area contributed by atoms with Crippen molar-refractivity contribution in [2.75, 3.05) is 31.2 Å². The van der Waals surface area contributed by atoms with Crippen LogP contribution in [-0.4, -0.2) is 64.5 Å². The molecule has 0 saturated carbocycles. The topological polar surface area (TPSA) is 86.3 Å². The van der Waals surface area contributed by atoms with Gasteiger partial charge in [0, 0.05) is 48.0 Å². The second-order valence-electron chi connectivity index (χ2n) is 9.82. The highest BCUT2D eigenvalue weighted by Crippen LogP contribution is 2.42. The van der Waals surface area contributed by atoms with E-state index in [1.165, 1.54) is 12.1 Å². The summed E-state index contributed by atoms with van der Waals surface area (Å²) < 4.78 is 47.5. The van der Waals surface area contributed by atoms with E-state index in [4.69, 9.17) is 16.3 Å². The SMILES string of the molecule is Cc1ncc(-c2cc(F)cc(Cl)c2)c(N2CC[C@@H](NC3COC3)[C@@H](O)C2)c1-c1nc2cc(F)c(F)cc2[nH]1. The second kappa shape index (κ2) is 9.85. The van der Waals surface area contributed by atoms with E-state index in [1.807, 2.05) is 4.90 Å². The Bertz CT molecular complexity index is 1470. The summed E-state index contributed by atoms with van der Waals surface area (Å²) in [5.74, 6) is -2.12. The Kier molecular flexibility index (Phi) is 6.51. The number of hydrogen-bond acceptors (Lipinski definition) is 6. The number of rotatable bonds is 5. The number of benzene rings is 2. The lowest BCUT2D eigenvalue weighted by atomic mass is 9.95. The highest BCUT2D eigenvalue weighted by Gasteiger charge is 2.34. The van der Waals surface area contributed by atoms with Gasteiger partial charge in [0.15, 0.2) is 11.6 Å². The fraction of sp³-hybridized carbons (Fsp3) is 0.333. The average Bonchev–Trinajstić information content (AvgIpc) is 3.23. The summed E-state index contributed by atoms with van der Waals surface area (Å²) in [6.07, 6.45) is 1.61. The van der Waals surface area contributed by atoms with Crippen LogP contribution >= 0.6 is 11.6 Å². The van der Waals surface area contributed by atoms with Gasteiger partial charge in [0.2, 0.25) is 0 Å². The Balaban J connectivity index is 1.48. The zero-order valence-corrected chi connectivity index (χ0v) is 21.2. The van der Waals surface area contributed by atoms with E-state index in [0.29, 0.717) is 72.1 Å². The second-order valence-corrected chi connectivity index (χ2v) is 10.3. The molecule has 0 spiro atoms. The number of anilines is 1. The van der Waals surface area contributed by atoms with Gasteiger partial charge in [-0.15, -0.1) is 0 Å². The van der Waals surface area contributed by atoms with Gasteiger partial charge in [0.25, 0.3) is 0 Å². The maximum Gasteiger partial charge on any atom is 0.161 e. The molecule has 0 radical (unpaired) electrons. The summed E-state index contributed by atoms with van der Waals surface area (Å²) in [4.78, 5) is 14.2. The minimum absolute atomic E-state index is 0.101. The zero-order chi connectivity index (χ0) is 26.6. The molecule has 4 aromatic rings. The molecular weight excluding hydrogens is 519 g/mol. The van der Waals surface area contributed by atoms with Crippen molar-refractivity contribution in [2.24, 2.45) is 0 Å². The molecule has 7 nitrogen and oxygen atoms in total. The number of aliphatic hydroxyl groups excluding tert-OH is 1. The van der Waals surface area contributed by atoms with Crippen molar-refractivity contribution in [2.45, 2.75) is 31.5 Å². The Hall–Kier alpha value is -3.18. The van der Waals surface area contributed by atoms with Crippen molar-refractivity contribution < 1.29 is 23.0 Å². The summed E-state index contributed by atoms with van der Waals surface area (Å²) in [7, 11) is 0. The number of β-amino-alcohol motifs (C(OH)–C–C–N with tert-alkyl or cyclic N) is 1. The molecule has 2 aliphatic rings. The first kappa shape index (κ1) is 25.1. The first-order valence-corrected chi connectivity index (χ1v) is 12.7. The van der Waals surface area contributed by atoms with E-state index in [1.54, 1.807) is 19.2 Å². The number of imidazole rings is 1.